The van der Waals surface area contributed by atoms with E-state index in [9.17, 15) is 4.79 Å². The van der Waals surface area contributed by atoms with Crippen molar-refractivity contribution in [3.8, 4) is 0 Å². The normalized spacial score (nSPS) is 12.4. The van der Waals surface area contributed by atoms with E-state index in [1.165, 1.54) is 17.3 Å². The molecule has 1 atom stereocenters. The molecule has 0 saturated heterocycles. The summed E-state index contributed by atoms with van der Waals surface area (Å²) in [7, 11) is 0. The molecule has 0 aliphatic heterocycles. The Hall–Kier alpha value is -2.93. The molecule has 0 aliphatic rings. The fourth-order valence-electron chi connectivity index (χ4n) is 3.17. The van der Waals surface area contributed by atoms with Gasteiger partial charge >= 0.3 is 0 Å². The molecule has 1 unspecified atom stereocenters. The molecule has 29 heavy (non-hydrogen) atoms. The summed E-state index contributed by atoms with van der Waals surface area (Å²) in [4.78, 5) is 22.1. The van der Waals surface area contributed by atoms with Crippen molar-refractivity contribution < 1.29 is 4.79 Å². The van der Waals surface area contributed by atoms with Crippen molar-refractivity contribution in [2.24, 2.45) is 0 Å². The van der Waals surface area contributed by atoms with Crippen molar-refractivity contribution in [2.75, 3.05) is 0 Å². The number of fused-ring (bicyclic) bond motifs is 3. The highest BCUT2D eigenvalue weighted by atomic mass is 32.2. The summed E-state index contributed by atoms with van der Waals surface area (Å²) in [6.07, 6.45) is 0.689. The molecule has 1 amide bonds. The predicted octanol–water partition coefficient (Wildman–Crippen LogP) is 4.08. The molecule has 4 rings (SSSR count). The number of amides is 1. The summed E-state index contributed by atoms with van der Waals surface area (Å²) in [5, 5.41) is 8.92. The van der Waals surface area contributed by atoms with Crippen molar-refractivity contribution in [1.82, 2.24) is 24.9 Å². The molecular weight excluding hydrogens is 382 g/mol. The first-order valence-electron chi connectivity index (χ1n) is 9.67. The fourth-order valence-corrected chi connectivity index (χ4v) is 4.16. The van der Waals surface area contributed by atoms with Gasteiger partial charge in [-0.15, -0.1) is 5.10 Å². The van der Waals surface area contributed by atoms with Crippen LogP contribution in [0.4, 0.5) is 0 Å². The lowest BCUT2D eigenvalue weighted by Gasteiger charge is -2.15. The van der Waals surface area contributed by atoms with Crippen LogP contribution in [-0.2, 0) is 11.3 Å². The van der Waals surface area contributed by atoms with Crippen LogP contribution in [-0.4, -0.2) is 30.7 Å². The molecule has 6 nitrogen and oxygen atoms in total. The number of rotatable bonds is 6. The van der Waals surface area contributed by atoms with Gasteiger partial charge < -0.3 is 5.32 Å². The van der Waals surface area contributed by atoms with Gasteiger partial charge in [0.1, 0.15) is 5.82 Å². The highest BCUT2D eigenvalue weighted by molar-refractivity contribution is 8.00. The Morgan fingerprint density at radius 3 is 2.62 bits per heavy atom. The Labute approximate surface area is 173 Å². The number of aromatic nitrogens is 4. The number of hydrogen-bond acceptors (Lipinski definition) is 5. The third kappa shape index (κ3) is 4.10. The lowest BCUT2D eigenvalue weighted by Crippen LogP contribution is -2.32. The summed E-state index contributed by atoms with van der Waals surface area (Å²) in [6.45, 7) is 6.43. The zero-order chi connectivity index (χ0) is 20.4. The maximum atomic E-state index is 12.8. The smallest absolute Gasteiger partial charge is 0.233 e. The summed E-state index contributed by atoms with van der Waals surface area (Å²) >= 11 is 1.43. The predicted molar refractivity (Wildman–Crippen MR) is 116 cm³/mol. The van der Waals surface area contributed by atoms with Gasteiger partial charge in [-0.2, -0.15) is 4.52 Å². The highest BCUT2D eigenvalue weighted by Gasteiger charge is 2.22. The number of benzene rings is 2. The largest absolute Gasteiger partial charge is 0.351 e. The third-order valence-corrected chi connectivity index (χ3v) is 6.06. The molecule has 0 spiro atoms. The number of aryl methyl sites for hydroxylation is 2. The molecule has 148 valence electrons. The molecule has 2 aromatic heterocycles. The fraction of sp³-hybridized carbons (Fsp3) is 0.273. The number of para-hydroxylation sites is 1. The van der Waals surface area contributed by atoms with Crippen molar-refractivity contribution in [3.05, 3.63) is 65.5 Å². The second-order valence-electron chi connectivity index (χ2n) is 7.02. The first-order valence-corrected chi connectivity index (χ1v) is 10.5. The van der Waals surface area contributed by atoms with E-state index in [2.05, 4.69) is 34.5 Å². The topological polar surface area (TPSA) is 72.2 Å². The minimum Gasteiger partial charge on any atom is -0.351 e. The molecule has 0 aliphatic carbocycles. The monoisotopic (exact) mass is 405 g/mol. The molecule has 4 aromatic rings. The lowest BCUT2D eigenvalue weighted by atomic mass is 10.1. The van der Waals surface area contributed by atoms with Crippen molar-refractivity contribution in [2.45, 2.75) is 44.1 Å². The van der Waals surface area contributed by atoms with E-state index in [4.69, 9.17) is 4.98 Å². The van der Waals surface area contributed by atoms with Crippen LogP contribution >= 0.6 is 11.8 Å². The molecule has 0 radical (unpaired) electrons. The second-order valence-corrected chi connectivity index (χ2v) is 8.19. The molecule has 2 aromatic carbocycles. The second kappa shape index (κ2) is 8.21. The van der Waals surface area contributed by atoms with Crippen molar-refractivity contribution in [1.29, 1.82) is 0 Å². The summed E-state index contributed by atoms with van der Waals surface area (Å²) in [5.74, 6) is 0.680. The molecule has 7 heteroatoms. The highest BCUT2D eigenvalue weighted by Crippen LogP contribution is 2.28. The SMILES string of the molecule is CCC(Sc1nc2ccccc2c2nc(C)nn12)C(=O)NCc1ccc(C)cc1. The zero-order valence-corrected chi connectivity index (χ0v) is 17.5. The van der Waals surface area contributed by atoms with Gasteiger partial charge in [-0.3, -0.25) is 4.79 Å². The Morgan fingerprint density at radius 1 is 1.10 bits per heavy atom. The maximum absolute atomic E-state index is 12.8. The van der Waals surface area contributed by atoms with E-state index < -0.39 is 0 Å². The minimum atomic E-state index is -0.262. The summed E-state index contributed by atoms with van der Waals surface area (Å²) in [5.41, 5.74) is 3.91. The number of nitrogens with one attached hydrogen (secondary N) is 1. The van der Waals surface area contributed by atoms with Gasteiger partial charge in [-0.1, -0.05) is 60.6 Å². The standard InChI is InChI=1S/C22H23N5OS/c1-4-19(21(28)23-13-16-11-9-14(2)10-12-16)29-22-25-18-8-6-5-7-17(18)20-24-15(3)26-27(20)22/h5-12,19H,4,13H2,1-3H3,(H,23,28). The summed E-state index contributed by atoms with van der Waals surface area (Å²) in [6, 6.07) is 16.1. The number of carbonyl (C=O) groups is 1. The number of hydrogen-bond donors (Lipinski definition) is 1. The van der Waals surface area contributed by atoms with Crippen molar-refractivity contribution in [3.63, 3.8) is 0 Å². The first-order chi connectivity index (χ1) is 14.0. The van der Waals surface area contributed by atoms with E-state index >= 15 is 0 Å². The van der Waals surface area contributed by atoms with Gasteiger partial charge in [-0.25, -0.2) is 9.97 Å². The molecular formula is C22H23N5OS. The van der Waals surface area contributed by atoms with E-state index in [0.717, 1.165) is 22.1 Å². The van der Waals surface area contributed by atoms with E-state index in [-0.39, 0.29) is 11.2 Å². The Kier molecular flexibility index (Phi) is 5.49. The first kappa shape index (κ1) is 19.4. The average molecular weight is 406 g/mol. The van der Waals surface area contributed by atoms with E-state index in [1.807, 2.05) is 50.2 Å². The Morgan fingerprint density at radius 2 is 1.86 bits per heavy atom. The molecule has 0 bridgehead atoms. The van der Waals surface area contributed by atoms with Gasteiger partial charge in [0.25, 0.3) is 0 Å². The minimum absolute atomic E-state index is 0.00183. The average Bonchev–Trinajstić information content (AvgIpc) is 3.13. The number of carbonyl (C=O) groups excluding carboxylic acids is 1. The maximum Gasteiger partial charge on any atom is 0.233 e. The lowest BCUT2D eigenvalue weighted by molar-refractivity contribution is -0.120. The van der Waals surface area contributed by atoms with Gasteiger partial charge in [0.2, 0.25) is 5.91 Å². The molecule has 0 fully saturated rings. The Balaban J connectivity index is 1.58. The van der Waals surface area contributed by atoms with Crippen LogP contribution in [0.2, 0.25) is 0 Å². The van der Waals surface area contributed by atoms with Crippen LogP contribution in [0.5, 0.6) is 0 Å². The number of nitrogens with zero attached hydrogens (tertiary/aromatic N) is 4. The quantitative estimate of drug-likeness (QED) is 0.387. The van der Waals surface area contributed by atoms with Crippen LogP contribution in [0.15, 0.2) is 53.7 Å². The van der Waals surface area contributed by atoms with Crippen LogP contribution in [0.25, 0.3) is 16.6 Å². The molecule has 0 saturated carbocycles. The molecule has 2 heterocycles. The van der Waals surface area contributed by atoms with Gasteiger partial charge in [-0.05, 0) is 38.0 Å². The van der Waals surface area contributed by atoms with Crippen LogP contribution in [0, 0.1) is 13.8 Å². The Bertz CT molecular complexity index is 1170. The van der Waals surface area contributed by atoms with Crippen molar-refractivity contribution >= 4 is 34.2 Å². The summed E-state index contributed by atoms with van der Waals surface area (Å²) < 4.78 is 1.75. The zero-order valence-electron chi connectivity index (χ0n) is 16.7. The van der Waals surface area contributed by atoms with Crippen LogP contribution < -0.4 is 5.32 Å². The van der Waals surface area contributed by atoms with Crippen LogP contribution in [0.1, 0.15) is 30.3 Å². The van der Waals surface area contributed by atoms with Gasteiger partial charge in [0, 0.05) is 11.9 Å². The third-order valence-electron chi connectivity index (χ3n) is 4.75. The number of thioether (sulfide) groups is 1. The van der Waals surface area contributed by atoms with Gasteiger partial charge in [0.05, 0.1) is 10.8 Å². The van der Waals surface area contributed by atoms with Crippen LogP contribution in [0.3, 0.4) is 0 Å². The van der Waals surface area contributed by atoms with E-state index in [1.54, 1.807) is 4.52 Å². The molecule has 1 N–H and O–H groups in total. The van der Waals surface area contributed by atoms with Gasteiger partial charge in [0.15, 0.2) is 10.8 Å². The van der Waals surface area contributed by atoms with E-state index in [0.29, 0.717) is 23.9 Å².